The van der Waals surface area contributed by atoms with Crippen LogP contribution in [0.5, 0.6) is 0 Å². The fraction of sp³-hybridized carbons (Fsp3) is 0.611. The molecule has 2 heterocycles. The number of aromatic nitrogens is 1. The van der Waals surface area contributed by atoms with Gasteiger partial charge in [-0.2, -0.15) is 0 Å². The first-order chi connectivity index (χ1) is 11.1. The molecule has 1 aromatic heterocycles. The highest BCUT2D eigenvalue weighted by Crippen LogP contribution is 2.26. The molecule has 0 radical (unpaired) electrons. The number of nitrogens with one attached hydrogen (secondary N) is 2. The van der Waals surface area contributed by atoms with Crippen molar-refractivity contribution in [3.63, 3.8) is 0 Å². The maximum atomic E-state index is 11.5. The van der Waals surface area contributed by atoms with Crippen LogP contribution in [-0.2, 0) is 11.2 Å². The summed E-state index contributed by atoms with van der Waals surface area (Å²) in [6.07, 6.45) is 7.14. The maximum absolute atomic E-state index is 11.5. The first kappa shape index (κ1) is 16.4. The van der Waals surface area contributed by atoms with Gasteiger partial charge in [0.1, 0.15) is 0 Å². The SMILES string of the molecule is CC1(OCCCCN2CCNCC2)C=Cc2ccc(=O)[nH]c2C1. The van der Waals surface area contributed by atoms with Gasteiger partial charge in [0.2, 0.25) is 5.56 Å². The van der Waals surface area contributed by atoms with Crippen LogP contribution in [0.4, 0.5) is 0 Å². The Morgan fingerprint density at radius 3 is 2.91 bits per heavy atom. The zero-order valence-electron chi connectivity index (χ0n) is 13.9. The zero-order valence-corrected chi connectivity index (χ0v) is 13.9. The van der Waals surface area contributed by atoms with Gasteiger partial charge in [0, 0.05) is 51.0 Å². The number of hydrogen-bond donors (Lipinski definition) is 2. The van der Waals surface area contributed by atoms with Crippen LogP contribution in [0.15, 0.2) is 23.0 Å². The van der Waals surface area contributed by atoms with Gasteiger partial charge in [0.05, 0.1) is 5.60 Å². The number of unbranched alkanes of at least 4 members (excludes halogenated alkanes) is 1. The van der Waals surface area contributed by atoms with Crippen molar-refractivity contribution >= 4 is 6.08 Å². The average molecular weight is 317 g/mol. The third-order valence-corrected chi connectivity index (χ3v) is 4.69. The first-order valence-electron chi connectivity index (χ1n) is 8.63. The Hall–Kier alpha value is -1.43. The molecule has 0 bridgehead atoms. The van der Waals surface area contributed by atoms with Gasteiger partial charge in [-0.15, -0.1) is 0 Å². The second kappa shape index (κ2) is 7.43. The van der Waals surface area contributed by atoms with Crippen LogP contribution in [0.1, 0.15) is 31.0 Å². The molecule has 0 aromatic carbocycles. The second-order valence-corrected chi connectivity index (χ2v) is 6.73. The molecule has 5 heteroatoms. The van der Waals surface area contributed by atoms with E-state index in [-0.39, 0.29) is 11.2 Å². The highest BCUT2D eigenvalue weighted by atomic mass is 16.5. The molecule has 1 fully saturated rings. The Morgan fingerprint density at radius 2 is 2.09 bits per heavy atom. The molecule has 23 heavy (non-hydrogen) atoms. The minimum atomic E-state index is -0.313. The Morgan fingerprint density at radius 1 is 1.26 bits per heavy atom. The van der Waals surface area contributed by atoms with E-state index in [0.717, 1.165) is 63.4 Å². The number of ether oxygens (including phenoxy) is 1. The fourth-order valence-corrected chi connectivity index (χ4v) is 3.28. The molecule has 126 valence electrons. The van der Waals surface area contributed by atoms with Crippen LogP contribution in [0.3, 0.4) is 0 Å². The molecule has 1 unspecified atom stereocenters. The van der Waals surface area contributed by atoms with Crippen molar-refractivity contribution in [2.75, 3.05) is 39.3 Å². The number of nitrogens with zero attached hydrogens (tertiary/aromatic N) is 1. The lowest BCUT2D eigenvalue weighted by atomic mass is 9.90. The summed E-state index contributed by atoms with van der Waals surface area (Å²) in [6, 6.07) is 3.44. The Bertz CT molecular complexity index is 605. The van der Waals surface area contributed by atoms with E-state index >= 15 is 0 Å². The Balaban J connectivity index is 1.42. The molecule has 2 N–H and O–H groups in total. The van der Waals surface area contributed by atoms with Crippen LogP contribution in [0.2, 0.25) is 0 Å². The molecule has 0 spiro atoms. The number of piperazine rings is 1. The number of pyridine rings is 1. The Kier molecular flexibility index (Phi) is 5.30. The van der Waals surface area contributed by atoms with Crippen molar-refractivity contribution in [2.24, 2.45) is 0 Å². The molecule has 0 saturated carbocycles. The van der Waals surface area contributed by atoms with E-state index in [0.29, 0.717) is 0 Å². The van der Waals surface area contributed by atoms with E-state index in [9.17, 15) is 4.79 Å². The lowest BCUT2D eigenvalue weighted by Crippen LogP contribution is -2.43. The quantitative estimate of drug-likeness (QED) is 0.779. The van der Waals surface area contributed by atoms with Crippen molar-refractivity contribution < 1.29 is 4.74 Å². The van der Waals surface area contributed by atoms with Gasteiger partial charge in [-0.3, -0.25) is 4.79 Å². The highest BCUT2D eigenvalue weighted by Gasteiger charge is 2.27. The number of H-pyrrole nitrogens is 1. The number of rotatable bonds is 6. The van der Waals surface area contributed by atoms with E-state index in [1.54, 1.807) is 6.07 Å². The van der Waals surface area contributed by atoms with E-state index < -0.39 is 0 Å². The normalized spacial score (nSPS) is 24.6. The van der Waals surface area contributed by atoms with Crippen molar-refractivity contribution in [3.05, 3.63) is 39.8 Å². The number of aromatic amines is 1. The Labute approximate surface area is 137 Å². The minimum Gasteiger partial charge on any atom is -0.371 e. The summed E-state index contributed by atoms with van der Waals surface area (Å²) in [5.41, 5.74) is 1.71. The van der Waals surface area contributed by atoms with Gasteiger partial charge >= 0.3 is 0 Å². The second-order valence-electron chi connectivity index (χ2n) is 6.73. The molecule has 1 aromatic rings. The molecular formula is C18H27N3O2. The number of hydrogen-bond acceptors (Lipinski definition) is 4. The number of fused-ring (bicyclic) bond motifs is 1. The van der Waals surface area contributed by atoms with Gasteiger partial charge in [-0.05, 0) is 37.9 Å². The predicted molar refractivity (Wildman–Crippen MR) is 92.7 cm³/mol. The van der Waals surface area contributed by atoms with Crippen molar-refractivity contribution in [1.29, 1.82) is 0 Å². The van der Waals surface area contributed by atoms with Gasteiger partial charge in [-0.25, -0.2) is 0 Å². The van der Waals surface area contributed by atoms with Crippen molar-refractivity contribution in [1.82, 2.24) is 15.2 Å². The third-order valence-electron chi connectivity index (χ3n) is 4.69. The minimum absolute atomic E-state index is 0.0441. The van der Waals surface area contributed by atoms with Gasteiger partial charge < -0.3 is 19.9 Å². The smallest absolute Gasteiger partial charge is 0.248 e. The maximum Gasteiger partial charge on any atom is 0.248 e. The van der Waals surface area contributed by atoms with Gasteiger partial charge in [0.25, 0.3) is 0 Å². The van der Waals surface area contributed by atoms with Gasteiger partial charge in [0.15, 0.2) is 0 Å². The third kappa shape index (κ3) is 4.53. The van der Waals surface area contributed by atoms with Crippen LogP contribution in [0.25, 0.3) is 6.08 Å². The zero-order chi connectivity index (χ0) is 16.1. The van der Waals surface area contributed by atoms with Crippen LogP contribution in [0, 0.1) is 0 Å². The standard InChI is InChI=1S/C18H27N3O2/c1-18(7-6-15-4-5-17(22)20-16(15)14-18)23-13-3-2-10-21-11-8-19-9-12-21/h4-7,19H,2-3,8-14H2,1H3,(H,20,22). The molecule has 2 aliphatic rings. The summed E-state index contributed by atoms with van der Waals surface area (Å²) in [5.74, 6) is 0. The summed E-state index contributed by atoms with van der Waals surface area (Å²) in [6.45, 7) is 8.55. The van der Waals surface area contributed by atoms with Crippen molar-refractivity contribution in [2.45, 2.75) is 31.8 Å². The molecule has 5 nitrogen and oxygen atoms in total. The molecule has 1 saturated heterocycles. The summed E-state index contributed by atoms with van der Waals surface area (Å²) < 4.78 is 6.12. The van der Waals surface area contributed by atoms with Crippen LogP contribution < -0.4 is 10.9 Å². The summed E-state index contributed by atoms with van der Waals surface area (Å²) >= 11 is 0. The van der Waals surface area contributed by atoms with E-state index in [4.69, 9.17) is 4.74 Å². The van der Waals surface area contributed by atoms with E-state index in [1.165, 1.54) is 6.42 Å². The lowest BCUT2D eigenvalue weighted by Gasteiger charge is -2.30. The highest BCUT2D eigenvalue weighted by molar-refractivity contribution is 5.56. The van der Waals surface area contributed by atoms with E-state index in [1.807, 2.05) is 6.07 Å². The van der Waals surface area contributed by atoms with Crippen LogP contribution >= 0.6 is 0 Å². The molecular weight excluding hydrogens is 290 g/mol. The molecule has 3 rings (SSSR count). The first-order valence-corrected chi connectivity index (χ1v) is 8.63. The molecule has 0 amide bonds. The summed E-state index contributed by atoms with van der Waals surface area (Å²) in [5, 5.41) is 3.38. The van der Waals surface area contributed by atoms with Gasteiger partial charge in [-0.1, -0.05) is 12.2 Å². The largest absolute Gasteiger partial charge is 0.371 e. The van der Waals surface area contributed by atoms with Crippen LogP contribution in [-0.4, -0.2) is 54.8 Å². The lowest BCUT2D eigenvalue weighted by molar-refractivity contribution is 0.00211. The molecule has 1 atom stereocenters. The fourth-order valence-electron chi connectivity index (χ4n) is 3.28. The molecule has 1 aliphatic heterocycles. The predicted octanol–water partition coefficient (Wildman–Crippen LogP) is 1.40. The molecule has 1 aliphatic carbocycles. The summed E-state index contributed by atoms with van der Waals surface area (Å²) in [4.78, 5) is 16.9. The van der Waals surface area contributed by atoms with E-state index in [2.05, 4.69) is 34.3 Å². The summed E-state index contributed by atoms with van der Waals surface area (Å²) in [7, 11) is 0. The van der Waals surface area contributed by atoms with Crippen molar-refractivity contribution in [3.8, 4) is 0 Å². The topological polar surface area (TPSA) is 57.4 Å². The monoisotopic (exact) mass is 317 g/mol. The average Bonchev–Trinajstić information content (AvgIpc) is 2.55.